The lowest BCUT2D eigenvalue weighted by Gasteiger charge is -2.09. The molecule has 1 saturated heterocycles. The molecule has 0 spiro atoms. The van der Waals surface area contributed by atoms with Crippen LogP contribution in [0.3, 0.4) is 0 Å². The van der Waals surface area contributed by atoms with E-state index in [4.69, 9.17) is 17.3 Å². The number of allylic oxidation sites excluding steroid dienone is 2. The fraction of sp³-hybridized carbons (Fsp3) is 0.133. The number of carbonyl (C=O) groups excluding carboxylic acids is 1. The van der Waals surface area contributed by atoms with Gasteiger partial charge in [-0.3, -0.25) is 14.5 Å². The van der Waals surface area contributed by atoms with Crippen LogP contribution in [0.2, 0.25) is 0 Å². The highest BCUT2D eigenvalue weighted by Gasteiger charge is 2.32. The number of thioether (sulfide) groups is 1. The summed E-state index contributed by atoms with van der Waals surface area (Å²) >= 11 is 6.13. The molecule has 1 aliphatic rings. The van der Waals surface area contributed by atoms with E-state index in [1.165, 1.54) is 5.56 Å². The van der Waals surface area contributed by atoms with Crippen molar-refractivity contribution in [3.63, 3.8) is 0 Å². The maximum Gasteiger partial charge on any atom is 0.323 e. The lowest BCUT2D eigenvalue weighted by molar-refractivity contribution is -0.140. The number of carboxylic acids is 1. The van der Waals surface area contributed by atoms with Crippen LogP contribution in [0.1, 0.15) is 11.1 Å². The molecule has 1 aliphatic heterocycles. The maximum atomic E-state index is 12.0. The number of amides is 1. The molecule has 4 nitrogen and oxygen atoms in total. The third kappa shape index (κ3) is 4.03. The Morgan fingerprint density at radius 2 is 2.05 bits per heavy atom. The minimum atomic E-state index is -1.08. The first kappa shape index (κ1) is 15.5. The minimum Gasteiger partial charge on any atom is -0.480 e. The van der Waals surface area contributed by atoms with Crippen molar-refractivity contribution < 1.29 is 14.7 Å². The van der Waals surface area contributed by atoms with Gasteiger partial charge in [-0.15, -0.1) is 0 Å². The van der Waals surface area contributed by atoms with Crippen LogP contribution in [0.5, 0.6) is 0 Å². The van der Waals surface area contributed by atoms with Gasteiger partial charge in [0.05, 0.1) is 4.91 Å². The van der Waals surface area contributed by atoms with E-state index < -0.39 is 12.5 Å². The van der Waals surface area contributed by atoms with Gasteiger partial charge in [-0.1, -0.05) is 66.0 Å². The molecule has 21 heavy (non-hydrogen) atoms. The van der Waals surface area contributed by atoms with Crippen molar-refractivity contribution in [3.8, 4) is 0 Å². The van der Waals surface area contributed by atoms with Crippen molar-refractivity contribution in [2.45, 2.75) is 6.92 Å². The van der Waals surface area contributed by atoms with E-state index in [0.717, 1.165) is 22.2 Å². The second-order valence-electron chi connectivity index (χ2n) is 4.45. The van der Waals surface area contributed by atoms with Crippen molar-refractivity contribution in [1.82, 2.24) is 4.90 Å². The van der Waals surface area contributed by atoms with Crippen LogP contribution in [0.15, 0.2) is 41.3 Å². The van der Waals surface area contributed by atoms with Gasteiger partial charge in [-0.2, -0.15) is 0 Å². The number of rotatable bonds is 4. The van der Waals surface area contributed by atoms with Crippen molar-refractivity contribution in [2.75, 3.05) is 6.54 Å². The average molecular weight is 319 g/mol. The van der Waals surface area contributed by atoms with Crippen LogP contribution in [0.4, 0.5) is 0 Å². The standard InChI is InChI=1S/C15H13NO3S2/c1-10-5-7-11(8-6-10)3-2-4-12-14(19)16(9-13(17)18)15(20)21-12/h2-8H,9H2,1H3,(H,17,18). The molecule has 0 saturated carbocycles. The Balaban J connectivity index is 2.08. The first-order valence-electron chi connectivity index (χ1n) is 6.18. The molecule has 1 heterocycles. The lowest BCUT2D eigenvalue weighted by Crippen LogP contribution is -2.33. The average Bonchev–Trinajstić information content (AvgIpc) is 2.68. The number of benzene rings is 1. The summed E-state index contributed by atoms with van der Waals surface area (Å²) in [5.41, 5.74) is 2.21. The predicted molar refractivity (Wildman–Crippen MR) is 87.8 cm³/mol. The molecule has 0 aliphatic carbocycles. The molecule has 0 aromatic heterocycles. The van der Waals surface area contributed by atoms with Gasteiger partial charge in [0.25, 0.3) is 5.91 Å². The van der Waals surface area contributed by atoms with Crippen LogP contribution in [-0.2, 0) is 9.59 Å². The fourth-order valence-corrected chi connectivity index (χ4v) is 2.92. The summed E-state index contributed by atoms with van der Waals surface area (Å²) in [4.78, 5) is 24.2. The molecule has 1 amide bonds. The molecule has 2 rings (SSSR count). The first-order valence-corrected chi connectivity index (χ1v) is 7.40. The Morgan fingerprint density at radius 3 is 2.67 bits per heavy atom. The number of nitrogens with zero attached hydrogens (tertiary/aromatic N) is 1. The van der Waals surface area contributed by atoms with Gasteiger partial charge in [0.2, 0.25) is 0 Å². The zero-order chi connectivity index (χ0) is 15.4. The fourth-order valence-electron chi connectivity index (χ4n) is 1.71. The summed E-state index contributed by atoms with van der Waals surface area (Å²) < 4.78 is 0.275. The minimum absolute atomic E-state index is 0.275. The van der Waals surface area contributed by atoms with Crippen LogP contribution in [-0.4, -0.2) is 32.7 Å². The van der Waals surface area contributed by atoms with E-state index >= 15 is 0 Å². The Kier molecular flexibility index (Phi) is 4.93. The number of aryl methyl sites for hydroxylation is 1. The normalized spacial score (nSPS) is 17.2. The first-order chi connectivity index (χ1) is 9.97. The van der Waals surface area contributed by atoms with Gasteiger partial charge in [-0.05, 0) is 18.6 Å². The molecule has 0 atom stereocenters. The van der Waals surface area contributed by atoms with E-state index in [9.17, 15) is 9.59 Å². The van der Waals surface area contributed by atoms with Gasteiger partial charge in [0, 0.05) is 0 Å². The van der Waals surface area contributed by atoms with E-state index in [0.29, 0.717) is 4.91 Å². The van der Waals surface area contributed by atoms with Crippen LogP contribution in [0, 0.1) is 6.92 Å². The molecule has 1 N–H and O–H groups in total. The zero-order valence-electron chi connectivity index (χ0n) is 11.3. The molecule has 1 fully saturated rings. The van der Waals surface area contributed by atoms with Crippen molar-refractivity contribution in [3.05, 3.63) is 52.4 Å². The largest absolute Gasteiger partial charge is 0.480 e. The smallest absolute Gasteiger partial charge is 0.323 e. The van der Waals surface area contributed by atoms with Gasteiger partial charge in [-0.25, -0.2) is 0 Å². The second-order valence-corrected chi connectivity index (χ2v) is 6.13. The molecule has 1 aromatic rings. The SMILES string of the molecule is Cc1ccc(C=CC=C2SC(=S)N(CC(=O)O)C2=O)cc1. The summed E-state index contributed by atoms with van der Waals surface area (Å²) in [5.74, 6) is -1.44. The highest BCUT2D eigenvalue weighted by molar-refractivity contribution is 8.26. The zero-order valence-corrected chi connectivity index (χ0v) is 12.9. The van der Waals surface area contributed by atoms with E-state index in [1.54, 1.807) is 12.2 Å². The number of carbonyl (C=O) groups is 2. The van der Waals surface area contributed by atoms with Crippen LogP contribution < -0.4 is 0 Å². The number of carboxylic acid groups (broad SMARTS) is 1. The Bertz CT molecular complexity index is 647. The summed E-state index contributed by atoms with van der Waals surface area (Å²) in [6.45, 7) is 1.62. The molecular weight excluding hydrogens is 306 g/mol. The molecule has 0 radical (unpaired) electrons. The van der Waals surface area contributed by atoms with Gasteiger partial charge < -0.3 is 5.11 Å². The molecule has 0 bridgehead atoms. The summed E-state index contributed by atoms with van der Waals surface area (Å²) in [7, 11) is 0. The highest BCUT2D eigenvalue weighted by atomic mass is 32.2. The number of hydrogen-bond donors (Lipinski definition) is 1. The monoisotopic (exact) mass is 319 g/mol. The van der Waals surface area contributed by atoms with Crippen LogP contribution in [0.25, 0.3) is 6.08 Å². The number of thiocarbonyl (C=S) groups is 1. The van der Waals surface area contributed by atoms with Crippen molar-refractivity contribution in [2.24, 2.45) is 0 Å². The van der Waals surface area contributed by atoms with Gasteiger partial charge in [0.1, 0.15) is 10.9 Å². The third-order valence-corrected chi connectivity index (χ3v) is 4.18. The summed E-state index contributed by atoms with van der Waals surface area (Å²) in [5, 5.41) is 8.75. The summed E-state index contributed by atoms with van der Waals surface area (Å²) in [6.07, 6.45) is 5.29. The van der Waals surface area contributed by atoms with Gasteiger partial charge in [0.15, 0.2) is 0 Å². The van der Waals surface area contributed by atoms with E-state index in [2.05, 4.69) is 0 Å². The highest BCUT2D eigenvalue weighted by Crippen LogP contribution is 2.30. The molecule has 6 heteroatoms. The topological polar surface area (TPSA) is 57.6 Å². The quantitative estimate of drug-likeness (QED) is 0.683. The third-order valence-electron chi connectivity index (χ3n) is 2.78. The van der Waals surface area contributed by atoms with E-state index in [-0.39, 0.29) is 10.2 Å². The number of hydrogen-bond acceptors (Lipinski definition) is 4. The van der Waals surface area contributed by atoms with Gasteiger partial charge >= 0.3 is 5.97 Å². The Labute approximate surface area is 132 Å². The van der Waals surface area contributed by atoms with E-state index in [1.807, 2.05) is 37.3 Å². The molecule has 0 unspecified atom stereocenters. The maximum absolute atomic E-state index is 12.0. The lowest BCUT2D eigenvalue weighted by atomic mass is 10.1. The second kappa shape index (κ2) is 6.69. The summed E-state index contributed by atoms with van der Waals surface area (Å²) in [6, 6.07) is 7.97. The molecular formula is C15H13NO3S2. The van der Waals surface area contributed by atoms with Crippen LogP contribution >= 0.6 is 24.0 Å². The van der Waals surface area contributed by atoms with Crippen molar-refractivity contribution in [1.29, 1.82) is 0 Å². The Morgan fingerprint density at radius 1 is 1.38 bits per heavy atom. The number of aliphatic carboxylic acids is 1. The predicted octanol–water partition coefficient (Wildman–Crippen LogP) is 2.84. The Hall–Kier alpha value is -1.92. The molecule has 108 valence electrons. The van der Waals surface area contributed by atoms with Crippen molar-refractivity contribution >= 4 is 46.3 Å². The molecule has 1 aromatic carbocycles.